The predicted octanol–water partition coefficient (Wildman–Crippen LogP) is 4.52. The highest BCUT2D eigenvalue weighted by Crippen LogP contribution is 2.25. The van der Waals surface area contributed by atoms with Crippen LogP contribution in [0.2, 0.25) is 0 Å². The Labute approximate surface area is 152 Å². The smallest absolute Gasteiger partial charge is 0.368 e. The summed E-state index contributed by atoms with van der Waals surface area (Å²) in [4.78, 5) is 15.6. The fraction of sp³-hybridized carbons (Fsp3) is 0.278. The highest BCUT2D eigenvalue weighted by Gasteiger charge is 2.39. The molecule has 0 spiro atoms. The number of carbonyl (C=O) groups is 1. The normalized spacial score (nSPS) is 15.4. The maximum atomic E-state index is 12.5. The van der Waals surface area contributed by atoms with Gasteiger partial charge in [-0.2, -0.15) is 13.2 Å². The Bertz CT molecular complexity index is 736. The van der Waals surface area contributed by atoms with Gasteiger partial charge in [0, 0.05) is 47.6 Å². The van der Waals surface area contributed by atoms with Crippen LogP contribution in [0.15, 0.2) is 53.0 Å². The standard InChI is InChI=1S/C18H16BrF3N2O/c19-14-3-7-16(8-4-14)24-11-9-23(10-12-24)15-5-1-13(2-6-15)17(25)18(20,21)22/h1-8H,9-12H2. The number of hydrogen-bond acceptors (Lipinski definition) is 3. The lowest BCUT2D eigenvalue weighted by Crippen LogP contribution is -2.46. The molecular formula is C18H16BrF3N2O. The Balaban J connectivity index is 1.63. The van der Waals surface area contributed by atoms with Crippen LogP contribution >= 0.6 is 15.9 Å². The number of anilines is 2. The number of rotatable bonds is 3. The molecule has 0 aliphatic carbocycles. The van der Waals surface area contributed by atoms with Gasteiger partial charge in [0.1, 0.15) is 0 Å². The van der Waals surface area contributed by atoms with E-state index in [1.807, 2.05) is 12.1 Å². The van der Waals surface area contributed by atoms with Gasteiger partial charge in [0.05, 0.1) is 0 Å². The van der Waals surface area contributed by atoms with Crippen molar-refractivity contribution < 1.29 is 18.0 Å². The number of halogens is 4. The topological polar surface area (TPSA) is 23.6 Å². The third-order valence-electron chi connectivity index (χ3n) is 4.22. The van der Waals surface area contributed by atoms with Gasteiger partial charge in [0.2, 0.25) is 0 Å². The predicted molar refractivity (Wildman–Crippen MR) is 95.4 cm³/mol. The number of Topliss-reactive ketones (excluding diaryl/α,β-unsaturated/α-hetero) is 1. The molecular weight excluding hydrogens is 397 g/mol. The Morgan fingerprint density at radius 2 is 1.20 bits per heavy atom. The van der Waals surface area contributed by atoms with Crippen LogP contribution in [0.5, 0.6) is 0 Å². The van der Waals surface area contributed by atoms with Gasteiger partial charge in [-0.3, -0.25) is 4.79 Å². The van der Waals surface area contributed by atoms with Crippen molar-refractivity contribution in [3.8, 4) is 0 Å². The van der Waals surface area contributed by atoms with Gasteiger partial charge in [0.15, 0.2) is 0 Å². The fourth-order valence-electron chi connectivity index (χ4n) is 2.86. The molecule has 7 heteroatoms. The second-order valence-electron chi connectivity index (χ2n) is 5.82. The van der Waals surface area contributed by atoms with E-state index < -0.39 is 12.0 Å². The molecule has 0 bridgehead atoms. The number of alkyl halides is 3. The number of benzene rings is 2. The highest BCUT2D eigenvalue weighted by molar-refractivity contribution is 9.10. The molecule has 0 unspecified atom stereocenters. The second-order valence-corrected chi connectivity index (χ2v) is 6.74. The van der Waals surface area contributed by atoms with Crippen molar-refractivity contribution in [3.63, 3.8) is 0 Å². The van der Waals surface area contributed by atoms with Gasteiger partial charge in [0.25, 0.3) is 5.78 Å². The monoisotopic (exact) mass is 412 g/mol. The molecule has 3 nitrogen and oxygen atoms in total. The van der Waals surface area contributed by atoms with E-state index in [4.69, 9.17) is 0 Å². The maximum Gasteiger partial charge on any atom is 0.454 e. The van der Waals surface area contributed by atoms with Crippen LogP contribution < -0.4 is 9.80 Å². The summed E-state index contributed by atoms with van der Waals surface area (Å²) in [5, 5.41) is 0. The van der Waals surface area contributed by atoms with Gasteiger partial charge < -0.3 is 9.80 Å². The minimum Gasteiger partial charge on any atom is -0.368 e. The number of hydrogen-bond donors (Lipinski definition) is 0. The van der Waals surface area contributed by atoms with Crippen LogP contribution in [0.4, 0.5) is 24.5 Å². The lowest BCUT2D eigenvalue weighted by molar-refractivity contribution is -0.0885. The molecule has 1 fully saturated rings. The lowest BCUT2D eigenvalue weighted by Gasteiger charge is -2.37. The van der Waals surface area contributed by atoms with Crippen molar-refractivity contribution in [2.45, 2.75) is 6.18 Å². The summed E-state index contributed by atoms with van der Waals surface area (Å²) in [6.07, 6.45) is -4.84. The molecule has 1 saturated heterocycles. The van der Waals surface area contributed by atoms with Gasteiger partial charge in [-0.25, -0.2) is 0 Å². The largest absolute Gasteiger partial charge is 0.454 e. The minimum absolute atomic E-state index is 0.329. The lowest BCUT2D eigenvalue weighted by atomic mass is 10.1. The molecule has 2 aromatic rings. The van der Waals surface area contributed by atoms with Gasteiger partial charge in [-0.05, 0) is 48.5 Å². The Morgan fingerprint density at radius 3 is 1.60 bits per heavy atom. The summed E-state index contributed by atoms with van der Waals surface area (Å²) in [6.45, 7) is 3.18. The quantitative estimate of drug-likeness (QED) is 0.692. The Hall–Kier alpha value is -2.02. The third kappa shape index (κ3) is 4.15. The molecule has 0 N–H and O–H groups in total. The van der Waals surface area contributed by atoms with Crippen LogP contribution in [-0.4, -0.2) is 38.1 Å². The van der Waals surface area contributed by atoms with Crippen molar-refractivity contribution in [1.82, 2.24) is 0 Å². The minimum atomic E-state index is -4.84. The van der Waals surface area contributed by atoms with Gasteiger partial charge >= 0.3 is 6.18 Å². The van der Waals surface area contributed by atoms with Crippen LogP contribution in [0.3, 0.4) is 0 Å². The van der Waals surface area contributed by atoms with E-state index in [2.05, 4.69) is 37.9 Å². The van der Waals surface area contributed by atoms with Crippen molar-refractivity contribution in [1.29, 1.82) is 0 Å². The average molecular weight is 413 g/mol. The first kappa shape index (κ1) is 17.8. The molecule has 2 aromatic carbocycles. The number of ketones is 1. The summed E-state index contributed by atoms with van der Waals surface area (Å²) >= 11 is 3.42. The summed E-state index contributed by atoms with van der Waals surface area (Å²) in [7, 11) is 0. The molecule has 1 aliphatic rings. The van der Waals surface area contributed by atoms with Crippen molar-refractivity contribution >= 4 is 33.1 Å². The molecule has 132 valence electrons. The average Bonchev–Trinajstić information content (AvgIpc) is 2.61. The first-order chi connectivity index (χ1) is 11.8. The Morgan fingerprint density at radius 1 is 0.800 bits per heavy atom. The third-order valence-corrected chi connectivity index (χ3v) is 4.75. The van der Waals surface area contributed by atoms with E-state index in [9.17, 15) is 18.0 Å². The number of piperazine rings is 1. The van der Waals surface area contributed by atoms with E-state index in [1.165, 1.54) is 12.1 Å². The van der Waals surface area contributed by atoms with E-state index in [0.29, 0.717) is 0 Å². The number of nitrogens with zero attached hydrogens (tertiary/aromatic N) is 2. The van der Waals surface area contributed by atoms with E-state index in [1.54, 1.807) is 12.1 Å². The molecule has 0 atom stereocenters. The van der Waals surface area contributed by atoms with Crippen LogP contribution in [0.25, 0.3) is 0 Å². The van der Waals surface area contributed by atoms with Crippen molar-refractivity contribution in [3.05, 3.63) is 58.6 Å². The van der Waals surface area contributed by atoms with Crippen molar-refractivity contribution in [2.75, 3.05) is 36.0 Å². The SMILES string of the molecule is O=C(c1ccc(N2CCN(c3ccc(Br)cc3)CC2)cc1)C(F)(F)F. The molecule has 1 heterocycles. The zero-order valence-corrected chi connectivity index (χ0v) is 14.8. The van der Waals surface area contributed by atoms with E-state index >= 15 is 0 Å². The fourth-order valence-corrected chi connectivity index (χ4v) is 3.13. The van der Waals surface area contributed by atoms with E-state index in [0.717, 1.165) is 42.0 Å². The first-order valence-electron chi connectivity index (χ1n) is 7.81. The Kier molecular flexibility index (Phi) is 5.03. The molecule has 3 rings (SSSR count). The van der Waals surface area contributed by atoms with Crippen LogP contribution in [0, 0.1) is 0 Å². The highest BCUT2D eigenvalue weighted by atomic mass is 79.9. The number of carbonyl (C=O) groups excluding carboxylic acids is 1. The zero-order chi connectivity index (χ0) is 18.0. The molecule has 1 aliphatic heterocycles. The molecule has 25 heavy (non-hydrogen) atoms. The zero-order valence-electron chi connectivity index (χ0n) is 13.3. The summed E-state index contributed by atoms with van der Waals surface area (Å²) in [5.74, 6) is -1.81. The van der Waals surface area contributed by atoms with E-state index in [-0.39, 0.29) is 5.56 Å². The molecule has 0 saturated carbocycles. The van der Waals surface area contributed by atoms with Gasteiger partial charge in [-0.15, -0.1) is 0 Å². The summed E-state index contributed by atoms with van der Waals surface area (Å²) in [5.41, 5.74) is 1.65. The maximum absolute atomic E-state index is 12.5. The molecule has 0 radical (unpaired) electrons. The second kappa shape index (κ2) is 7.07. The first-order valence-corrected chi connectivity index (χ1v) is 8.61. The van der Waals surface area contributed by atoms with Gasteiger partial charge in [-0.1, -0.05) is 15.9 Å². The summed E-state index contributed by atoms with van der Waals surface area (Å²) < 4.78 is 38.4. The van der Waals surface area contributed by atoms with Crippen LogP contribution in [-0.2, 0) is 0 Å². The molecule has 0 amide bonds. The van der Waals surface area contributed by atoms with Crippen LogP contribution in [0.1, 0.15) is 10.4 Å². The molecule has 0 aromatic heterocycles. The van der Waals surface area contributed by atoms with Crippen molar-refractivity contribution in [2.24, 2.45) is 0 Å². The summed E-state index contributed by atoms with van der Waals surface area (Å²) in [6, 6.07) is 13.7.